The second kappa shape index (κ2) is 5.60. The Hall–Kier alpha value is -1.92. The quantitative estimate of drug-likeness (QED) is 0.891. The summed E-state index contributed by atoms with van der Waals surface area (Å²) in [5.41, 5.74) is 7.78. The number of benzene rings is 1. The highest BCUT2D eigenvalue weighted by Crippen LogP contribution is 2.28. The van der Waals surface area contributed by atoms with Crippen LogP contribution in [0.5, 0.6) is 0 Å². The van der Waals surface area contributed by atoms with Crippen LogP contribution in [0.1, 0.15) is 16.1 Å². The molecule has 0 saturated heterocycles. The topological polar surface area (TPSA) is 71.2 Å². The molecule has 3 N–H and O–H groups in total. The number of hydrogen-bond donors (Lipinski definition) is 2. The summed E-state index contributed by atoms with van der Waals surface area (Å²) in [5.74, 6) is 0.0389. The summed E-state index contributed by atoms with van der Waals surface area (Å²) in [5, 5.41) is 3.55. The van der Waals surface area contributed by atoms with E-state index in [9.17, 15) is 4.79 Å². The highest BCUT2D eigenvalue weighted by Gasteiger charge is 2.24. The van der Waals surface area contributed by atoms with Crippen LogP contribution in [-0.4, -0.2) is 22.3 Å². The molecule has 1 aromatic carbocycles. The van der Waals surface area contributed by atoms with Crippen LogP contribution in [0.3, 0.4) is 0 Å². The lowest BCUT2D eigenvalue weighted by Crippen LogP contribution is -2.34. The van der Waals surface area contributed by atoms with Crippen molar-refractivity contribution in [2.45, 2.75) is 19.6 Å². The van der Waals surface area contributed by atoms with E-state index in [0.29, 0.717) is 24.8 Å². The van der Waals surface area contributed by atoms with Crippen molar-refractivity contribution in [2.24, 2.45) is 0 Å². The Bertz CT molecular complexity index is 587. The summed E-state index contributed by atoms with van der Waals surface area (Å²) in [4.78, 5) is 19.4. The van der Waals surface area contributed by atoms with Crippen LogP contribution < -0.4 is 11.1 Å². The Morgan fingerprint density at radius 1 is 1.35 bits per heavy atom. The number of amides is 1. The predicted molar refractivity (Wildman–Crippen MR) is 78.9 cm³/mol. The van der Waals surface area contributed by atoms with E-state index in [-0.39, 0.29) is 5.91 Å². The lowest BCUT2D eigenvalue weighted by Gasteiger charge is -2.14. The monoisotopic (exact) mass is 288 g/mol. The number of carbonyl (C=O) groups is 1. The molecular formula is C14H16N4OS. The molecule has 6 heteroatoms. The number of rotatable bonds is 4. The summed E-state index contributed by atoms with van der Waals surface area (Å²) in [7, 11) is 0. The fraction of sp³-hybridized carbons (Fsp3) is 0.286. The third kappa shape index (κ3) is 2.97. The Morgan fingerprint density at radius 3 is 2.90 bits per heavy atom. The van der Waals surface area contributed by atoms with Crippen LogP contribution in [0.15, 0.2) is 30.3 Å². The van der Waals surface area contributed by atoms with Crippen LogP contribution in [0.4, 0.5) is 5.13 Å². The highest BCUT2D eigenvalue weighted by molar-refractivity contribution is 7.15. The van der Waals surface area contributed by atoms with Gasteiger partial charge in [-0.15, -0.1) is 11.3 Å². The lowest BCUT2D eigenvalue weighted by atomic mass is 10.2. The SMILES string of the molecule is Nc1nc2c(s1)CN(CC(=O)NCc1ccccc1)C2. The first-order valence-electron chi connectivity index (χ1n) is 6.48. The van der Waals surface area contributed by atoms with Gasteiger partial charge in [0.05, 0.1) is 12.2 Å². The van der Waals surface area contributed by atoms with Crippen molar-refractivity contribution in [3.05, 3.63) is 46.5 Å². The van der Waals surface area contributed by atoms with E-state index in [0.717, 1.165) is 17.8 Å². The standard InChI is InChI=1S/C14H16N4OS/c15-14-17-11-7-18(8-12(11)20-14)9-13(19)16-6-10-4-2-1-3-5-10/h1-5H,6-9H2,(H2,15,17)(H,16,19). The Morgan fingerprint density at radius 2 is 2.15 bits per heavy atom. The minimum absolute atomic E-state index is 0.0389. The lowest BCUT2D eigenvalue weighted by molar-refractivity contribution is -0.122. The summed E-state index contributed by atoms with van der Waals surface area (Å²) < 4.78 is 0. The Kier molecular flexibility index (Phi) is 3.66. The number of nitrogens with one attached hydrogen (secondary N) is 1. The molecule has 1 amide bonds. The Balaban J connectivity index is 1.47. The summed E-state index contributed by atoms with van der Waals surface area (Å²) in [6.45, 7) is 2.45. The maximum atomic E-state index is 11.9. The van der Waals surface area contributed by atoms with Crippen molar-refractivity contribution >= 4 is 22.4 Å². The molecule has 2 aromatic rings. The van der Waals surface area contributed by atoms with Gasteiger partial charge in [0.15, 0.2) is 5.13 Å². The molecule has 0 fully saturated rings. The van der Waals surface area contributed by atoms with Gasteiger partial charge < -0.3 is 11.1 Å². The van der Waals surface area contributed by atoms with Gasteiger partial charge in [-0.1, -0.05) is 30.3 Å². The largest absolute Gasteiger partial charge is 0.375 e. The van der Waals surface area contributed by atoms with Crippen LogP contribution in [0.2, 0.25) is 0 Å². The summed E-state index contributed by atoms with van der Waals surface area (Å²) >= 11 is 1.51. The van der Waals surface area contributed by atoms with Crippen molar-refractivity contribution in [2.75, 3.05) is 12.3 Å². The van der Waals surface area contributed by atoms with Crippen molar-refractivity contribution in [1.82, 2.24) is 15.2 Å². The number of nitrogens with two attached hydrogens (primary N) is 1. The van der Waals surface area contributed by atoms with Gasteiger partial charge in [-0.3, -0.25) is 9.69 Å². The number of carbonyl (C=O) groups excluding carboxylic acids is 1. The van der Waals surface area contributed by atoms with E-state index >= 15 is 0 Å². The predicted octanol–water partition coefficient (Wildman–Crippen LogP) is 1.36. The van der Waals surface area contributed by atoms with E-state index in [2.05, 4.69) is 15.2 Å². The second-order valence-corrected chi connectivity index (χ2v) is 5.94. The van der Waals surface area contributed by atoms with Gasteiger partial charge in [-0.05, 0) is 5.56 Å². The number of anilines is 1. The first-order valence-corrected chi connectivity index (χ1v) is 7.29. The van der Waals surface area contributed by atoms with Crippen LogP contribution in [0.25, 0.3) is 0 Å². The van der Waals surface area contributed by atoms with Crippen molar-refractivity contribution < 1.29 is 4.79 Å². The number of thiazole rings is 1. The van der Waals surface area contributed by atoms with Crippen molar-refractivity contribution in [1.29, 1.82) is 0 Å². The zero-order valence-electron chi connectivity index (χ0n) is 11.0. The molecule has 0 spiro atoms. The molecule has 0 atom stereocenters. The fourth-order valence-electron chi connectivity index (χ4n) is 2.29. The third-order valence-electron chi connectivity index (χ3n) is 3.24. The van der Waals surface area contributed by atoms with E-state index in [1.54, 1.807) is 0 Å². The highest BCUT2D eigenvalue weighted by atomic mass is 32.1. The molecule has 1 aliphatic heterocycles. The normalized spacial score (nSPS) is 14.2. The maximum Gasteiger partial charge on any atom is 0.234 e. The zero-order chi connectivity index (χ0) is 13.9. The molecule has 0 unspecified atom stereocenters. The van der Waals surface area contributed by atoms with Gasteiger partial charge in [-0.2, -0.15) is 0 Å². The number of hydrogen-bond acceptors (Lipinski definition) is 5. The maximum absolute atomic E-state index is 11.9. The van der Waals surface area contributed by atoms with Crippen LogP contribution in [-0.2, 0) is 24.4 Å². The average Bonchev–Trinajstić information content (AvgIpc) is 2.94. The van der Waals surface area contributed by atoms with Gasteiger partial charge in [0.2, 0.25) is 5.91 Å². The molecule has 0 aliphatic carbocycles. The van der Waals surface area contributed by atoms with Crippen LogP contribution >= 0.6 is 11.3 Å². The molecule has 1 aliphatic rings. The minimum atomic E-state index is 0.0389. The van der Waals surface area contributed by atoms with E-state index < -0.39 is 0 Å². The molecule has 2 heterocycles. The molecule has 104 valence electrons. The number of nitrogens with zero attached hydrogens (tertiary/aromatic N) is 2. The smallest absolute Gasteiger partial charge is 0.234 e. The van der Waals surface area contributed by atoms with E-state index in [1.807, 2.05) is 30.3 Å². The van der Waals surface area contributed by atoms with Gasteiger partial charge in [0, 0.05) is 24.5 Å². The summed E-state index contributed by atoms with van der Waals surface area (Å²) in [6, 6.07) is 9.90. The van der Waals surface area contributed by atoms with Gasteiger partial charge >= 0.3 is 0 Å². The molecule has 0 bridgehead atoms. The molecule has 1 aromatic heterocycles. The molecule has 20 heavy (non-hydrogen) atoms. The van der Waals surface area contributed by atoms with E-state index in [4.69, 9.17) is 5.73 Å². The summed E-state index contributed by atoms with van der Waals surface area (Å²) in [6.07, 6.45) is 0. The number of nitrogen functional groups attached to an aromatic ring is 1. The zero-order valence-corrected chi connectivity index (χ0v) is 11.8. The molecule has 3 rings (SSSR count). The Labute approximate surface area is 121 Å². The van der Waals surface area contributed by atoms with Gasteiger partial charge in [-0.25, -0.2) is 4.98 Å². The van der Waals surface area contributed by atoms with E-state index in [1.165, 1.54) is 16.2 Å². The van der Waals surface area contributed by atoms with Gasteiger partial charge in [0.1, 0.15) is 0 Å². The molecule has 0 radical (unpaired) electrons. The molecule has 5 nitrogen and oxygen atoms in total. The fourth-order valence-corrected chi connectivity index (χ4v) is 3.17. The second-order valence-electron chi connectivity index (χ2n) is 4.83. The molecule has 0 saturated carbocycles. The average molecular weight is 288 g/mol. The first-order chi connectivity index (χ1) is 9.70. The third-order valence-corrected chi connectivity index (χ3v) is 4.15. The number of aromatic nitrogens is 1. The van der Waals surface area contributed by atoms with Crippen molar-refractivity contribution in [3.8, 4) is 0 Å². The van der Waals surface area contributed by atoms with Gasteiger partial charge in [0.25, 0.3) is 0 Å². The molecular weight excluding hydrogens is 272 g/mol. The van der Waals surface area contributed by atoms with Crippen LogP contribution in [0, 0.1) is 0 Å². The first kappa shape index (κ1) is 13.1. The minimum Gasteiger partial charge on any atom is -0.375 e. The van der Waals surface area contributed by atoms with Crippen molar-refractivity contribution in [3.63, 3.8) is 0 Å². The number of fused-ring (bicyclic) bond motifs is 1.